The van der Waals surface area contributed by atoms with Crippen LogP contribution in [0.2, 0.25) is 0 Å². The van der Waals surface area contributed by atoms with Crippen molar-refractivity contribution in [1.82, 2.24) is 0 Å². The predicted molar refractivity (Wildman–Crippen MR) is 62.3 cm³/mol. The normalized spacial score (nSPS) is 23.7. The van der Waals surface area contributed by atoms with Crippen LogP contribution in [0.25, 0.3) is 0 Å². The summed E-state index contributed by atoms with van der Waals surface area (Å²) >= 11 is 0. The van der Waals surface area contributed by atoms with E-state index in [1.54, 1.807) is 0 Å². The van der Waals surface area contributed by atoms with Gasteiger partial charge in [0.25, 0.3) is 0 Å². The average molecular weight is 254 g/mol. The van der Waals surface area contributed by atoms with Gasteiger partial charge in [-0.15, -0.1) is 0 Å². The first-order chi connectivity index (χ1) is 8.58. The molecule has 0 aliphatic heterocycles. The van der Waals surface area contributed by atoms with Gasteiger partial charge in [0, 0.05) is 6.07 Å². The van der Waals surface area contributed by atoms with E-state index in [0.29, 0.717) is 12.8 Å². The van der Waals surface area contributed by atoms with Crippen LogP contribution in [0.1, 0.15) is 36.0 Å². The minimum Gasteiger partial charge on any atom is -0.487 e. The van der Waals surface area contributed by atoms with Crippen LogP contribution >= 0.6 is 0 Å². The molecule has 2 unspecified atom stereocenters. The highest BCUT2D eigenvalue weighted by atomic mass is 19.1. The average Bonchev–Trinajstić information content (AvgIpc) is 2.32. The number of hydrogen-bond donors (Lipinski definition) is 2. The Bertz CT molecular complexity index is 447. The summed E-state index contributed by atoms with van der Waals surface area (Å²) < 4.78 is 18.6. The number of hydrogen-bond acceptors (Lipinski definition) is 3. The van der Waals surface area contributed by atoms with Gasteiger partial charge in [0.2, 0.25) is 0 Å². The number of benzene rings is 1. The van der Waals surface area contributed by atoms with Crippen LogP contribution in [0, 0.1) is 5.82 Å². The van der Waals surface area contributed by atoms with Gasteiger partial charge in [-0.1, -0.05) is 6.42 Å². The maximum atomic E-state index is 13.1. The molecule has 1 aliphatic rings. The van der Waals surface area contributed by atoms with E-state index < -0.39 is 24.0 Å². The Morgan fingerprint density at radius 1 is 1.33 bits per heavy atom. The standard InChI is InChI=1S/C13H15FO4/c14-8-5-6-9(13(16)17)12(7-8)18-11-4-2-1-3-10(11)15/h5-7,10-11,15H,1-4H2,(H,16,17). The van der Waals surface area contributed by atoms with Crippen molar-refractivity contribution in [2.75, 3.05) is 0 Å². The van der Waals surface area contributed by atoms with Gasteiger partial charge in [0.05, 0.1) is 6.10 Å². The zero-order valence-corrected chi connectivity index (χ0v) is 9.80. The molecule has 0 amide bonds. The van der Waals surface area contributed by atoms with Crippen molar-refractivity contribution < 1.29 is 24.1 Å². The number of aliphatic hydroxyl groups excluding tert-OH is 1. The van der Waals surface area contributed by atoms with E-state index in [9.17, 15) is 14.3 Å². The second kappa shape index (κ2) is 5.35. The summed E-state index contributed by atoms with van der Waals surface area (Å²) in [5.41, 5.74) is -0.0887. The zero-order valence-electron chi connectivity index (χ0n) is 9.80. The van der Waals surface area contributed by atoms with Crippen molar-refractivity contribution in [3.05, 3.63) is 29.6 Å². The maximum Gasteiger partial charge on any atom is 0.339 e. The Morgan fingerprint density at radius 2 is 2.06 bits per heavy atom. The lowest BCUT2D eigenvalue weighted by molar-refractivity contribution is 0.00591. The van der Waals surface area contributed by atoms with Crippen molar-refractivity contribution in [2.24, 2.45) is 0 Å². The molecule has 0 aromatic heterocycles. The third-order valence-corrected chi connectivity index (χ3v) is 3.12. The van der Waals surface area contributed by atoms with Crippen LogP contribution < -0.4 is 4.74 Å². The lowest BCUT2D eigenvalue weighted by Crippen LogP contribution is -2.35. The van der Waals surface area contributed by atoms with Gasteiger partial charge in [0.15, 0.2) is 0 Å². The van der Waals surface area contributed by atoms with E-state index in [0.717, 1.165) is 25.0 Å². The summed E-state index contributed by atoms with van der Waals surface area (Å²) in [6.07, 6.45) is 2.04. The number of aromatic carboxylic acids is 1. The van der Waals surface area contributed by atoms with Crippen LogP contribution in [-0.4, -0.2) is 28.4 Å². The summed E-state index contributed by atoms with van der Waals surface area (Å²) in [5.74, 6) is -1.75. The molecule has 1 aromatic carbocycles. The Kier molecular flexibility index (Phi) is 3.81. The van der Waals surface area contributed by atoms with E-state index in [2.05, 4.69) is 0 Å². The van der Waals surface area contributed by atoms with Crippen molar-refractivity contribution in [3.8, 4) is 5.75 Å². The second-order valence-electron chi connectivity index (χ2n) is 4.45. The molecule has 0 radical (unpaired) electrons. The molecule has 18 heavy (non-hydrogen) atoms. The molecule has 1 saturated carbocycles. The molecule has 5 heteroatoms. The summed E-state index contributed by atoms with van der Waals surface area (Å²) in [6.45, 7) is 0. The van der Waals surface area contributed by atoms with Gasteiger partial charge >= 0.3 is 5.97 Å². The molecule has 2 atom stereocenters. The monoisotopic (exact) mass is 254 g/mol. The smallest absolute Gasteiger partial charge is 0.339 e. The Morgan fingerprint density at radius 3 is 2.72 bits per heavy atom. The molecule has 1 fully saturated rings. The summed E-state index contributed by atoms with van der Waals surface area (Å²) in [7, 11) is 0. The molecule has 0 bridgehead atoms. The van der Waals surface area contributed by atoms with Crippen LogP contribution in [0.15, 0.2) is 18.2 Å². The highest BCUT2D eigenvalue weighted by Crippen LogP contribution is 2.27. The van der Waals surface area contributed by atoms with Crippen LogP contribution in [0.5, 0.6) is 5.75 Å². The fraction of sp³-hybridized carbons (Fsp3) is 0.462. The molecule has 2 N–H and O–H groups in total. The number of carboxylic acid groups (broad SMARTS) is 1. The summed E-state index contributed by atoms with van der Waals surface area (Å²) in [6, 6.07) is 3.29. The van der Waals surface area contributed by atoms with E-state index in [-0.39, 0.29) is 11.3 Å². The van der Waals surface area contributed by atoms with Gasteiger partial charge in [-0.3, -0.25) is 0 Å². The quantitative estimate of drug-likeness (QED) is 0.867. The predicted octanol–water partition coefficient (Wildman–Crippen LogP) is 2.21. The molecule has 0 spiro atoms. The summed E-state index contributed by atoms with van der Waals surface area (Å²) in [4.78, 5) is 11.0. The van der Waals surface area contributed by atoms with Crippen molar-refractivity contribution in [2.45, 2.75) is 37.9 Å². The molecular formula is C13H15FO4. The molecule has 4 nitrogen and oxygen atoms in total. The van der Waals surface area contributed by atoms with Crippen LogP contribution in [0.4, 0.5) is 4.39 Å². The highest BCUT2D eigenvalue weighted by molar-refractivity contribution is 5.90. The first-order valence-corrected chi connectivity index (χ1v) is 5.95. The molecule has 0 saturated heterocycles. The number of carboxylic acids is 1. The van der Waals surface area contributed by atoms with Gasteiger partial charge in [-0.25, -0.2) is 9.18 Å². The van der Waals surface area contributed by atoms with Gasteiger partial charge in [-0.2, -0.15) is 0 Å². The first-order valence-electron chi connectivity index (χ1n) is 5.95. The van der Waals surface area contributed by atoms with E-state index in [4.69, 9.17) is 9.84 Å². The molecule has 1 aliphatic carbocycles. The van der Waals surface area contributed by atoms with Crippen LogP contribution in [0.3, 0.4) is 0 Å². The van der Waals surface area contributed by atoms with E-state index >= 15 is 0 Å². The summed E-state index contributed by atoms with van der Waals surface area (Å²) in [5, 5.41) is 18.7. The first kappa shape index (κ1) is 12.8. The van der Waals surface area contributed by atoms with E-state index in [1.807, 2.05) is 0 Å². The lowest BCUT2D eigenvalue weighted by Gasteiger charge is -2.28. The number of ether oxygens (including phenoxy) is 1. The van der Waals surface area contributed by atoms with Gasteiger partial charge in [0.1, 0.15) is 23.2 Å². The fourth-order valence-electron chi connectivity index (χ4n) is 2.15. The molecular weight excluding hydrogens is 239 g/mol. The van der Waals surface area contributed by atoms with Crippen molar-refractivity contribution in [3.63, 3.8) is 0 Å². The number of halogens is 1. The Hall–Kier alpha value is -1.62. The van der Waals surface area contributed by atoms with Crippen molar-refractivity contribution >= 4 is 5.97 Å². The minimum absolute atomic E-state index is 0.0200. The minimum atomic E-state index is -1.17. The van der Waals surface area contributed by atoms with Crippen molar-refractivity contribution in [1.29, 1.82) is 0 Å². The Balaban J connectivity index is 2.21. The van der Waals surface area contributed by atoms with E-state index in [1.165, 1.54) is 6.07 Å². The zero-order chi connectivity index (χ0) is 13.1. The third kappa shape index (κ3) is 2.79. The SMILES string of the molecule is O=C(O)c1ccc(F)cc1OC1CCCCC1O. The Labute approximate surface area is 104 Å². The third-order valence-electron chi connectivity index (χ3n) is 3.12. The highest BCUT2D eigenvalue weighted by Gasteiger charge is 2.26. The number of rotatable bonds is 3. The number of aliphatic hydroxyl groups is 1. The van der Waals surface area contributed by atoms with Gasteiger partial charge < -0.3 is 14.9 Å². The molecule has 0 heterocycles. The molecule has 98 valence electrons. The topological polar surface area (TPSA) is 66.8 Å². The maximum absolute atomic E-state index is 13.1. The largest absolute Gasteiger partial charge is 0.487 e. The lowest BCUT2D eigenvalue weighted by atomic mass is 9.95. The molecule has 2 rings (SSSR count). The molecule has 1 aromatic rings. The van der Waals surface area contributed by atoms with Gasteiger partial charge in [-0.05, 0) is 31.4 Å². The van der Waals surface area contributed by atoms with Crippen LogP contribution in [-0.2, 0) is 0 Å². The second-order valence-corrected chi connectivity index (χ2v) is 4.45. The number of carbonyl (C=O) groups is 1. The fourth-order valence-corrected chi connectivity index (χ4v) is 2.15.